The van der Waals surface area contributed by atoms with Crippen molar-refractivity contribution in [2.24, 2.45) is 17.8 Å². The third-order valence-corrected chi connectivity index (χ3v) is 8.84. The molecule has 7 nitrogen and oxygen atoms in total. The summed E-state index contributed by atoms with van der Waals surface area (Å²) in [7, 11) is 0. The number of rotatable bonds is 3. The van der Waals surface area contributed by atoms with Gasteiger partial charge < -0.3 is 0 Å². The van der Waals surface area contributed by atoms with Gasteiger partial charge in [0, 0.05) is 11.6 Å². The smallest absolute Gasteiger partial charge is 0.266 e. The summed E-state index contributed by atoms with van der Waals surface area (Å²) in [5, 5.41) is 4.29. The van der Waals surface area contributed by atoms with Gasteiger partial charge in [-0.1, -0.05) is 50.2 Å². The zero-order chi connectivity index (χ0) is 27.2. The van der Waals surface area contributed by atoms with Crippen LogP contribution in [0.1, 0.15) is 42.8 Å². The van der Waals surface area contributed by atoms with Crippen LogP contribution in [0.5, 0.6) is 0 Å². The Balaban J connectivity index is 1.51. The fourth-order valence-electron chi connectivity index (χ4n) is 7.05. The molecule has 0 radical (unpaired) electrons. The van der Waals surface area contributed by atoms with Crippen molar-refractivity contribution in [2.45, 2.75) is 45.7 Å². The lowest BCUT2D eigenvalue weighted by atomic mass is 9.75. The number of fused-ring (bicyclic) bond motifs is 8. The van der Waals surface area contributed by atoms with Gasteiger partial charge in [-0.15, -0.1) is 0 Å². The molecule has 1 aromatic heterocycles. The Morgan fingerprint density at radius 1 is 0.923 bits per heavy atom. The van der Waals surface area contributed by atoms with Crippen LogP contribution in [-0.4, -0.2) is 27.4 Å². The lowest BCUT2D eigenvalue weighted by Crippen LogP contribution is -2.50. The van der Waals surface area contributed by atoms with Crippen LogP contribution in [0.4, 0.5) is 5.69 Å². The average molecular weight is 519 g/mol. The molecule has 3 aliphatic heterocycles. The second-order valence-electron chi connectivity index (χ2n) is 11.6. The second kappa shape index (κ2) is 8.20. The van der Waals surface area contributed by atoms with E-state index in [1.807, 2.05) is 74.5 Å². The maximum atomic E-state index is 14.5. The first-order chi connectivity index (χ1) is 18.7. The van der Waals surface area contributed by atoms with Gasteiger partial charge in [-0.2, -0.15) is 0 Å². The van der Waals surface area contributed by atoms with Gasteiger partial charge in [0.15, 0.2) is 0 Å². The number of imide groups is 1. The fourth-order valence-corrected chi connectivity index (χ4v) is 7.05. The molecule has 0 unspecified atom stereocenters. The molecule has 196 valence electrons. The zero-order valence-electron chi connectivity index (χ0n) is 22.4. The van der Waals surface area contributed by atoms with Gasteiger partial charge in [0.2, 0.25) is 11.8 Å². The van der Waals surface area contributed by atoms with Crippen molar-refractivity contribution in [1.82, 2.24) is 14.9 Å². The molecule has 0 aliphatic carbocycles. The summed E-state index contributed by atoms with van der Waals surface area (Å²) in [5.41, 5.74) is 3.53. The molecular weight excluding hydrogens is 488 g/mol. The van der Waals surface area contributed by atoms with E-state index in [0.29, 0.717) is 40.4 Å². The highest BCUT2D eigenvalue weighted by atomic mass is 16.2. The third kappa shape index (κ3) is 3.08. The van der Waals surface area contributed by atoms with Gasteiger partial charge in [0.05, 0.1) is 34.1 Å². The molecule has 7 heteroatoms. The second-order valence-corrected chi connectivity index (χ2v) is 11.6. The monoisotopic (exact) mass is 518 g/mol. The minimum atomic E-state index is -1.11. The number of hydrogen-bond acceptors (Lipinski definition) is 5. The molecule has 1 N–H and O–H groups in total. The van der Waals surface area contributed by atoms with Crippen LogP contribution in [-0.2, 0) is 15.1 Å². The van der Waals surface area contributed by atoms with Crippen LogP contribution in [0.25, 0.3) is 16.6 Å². The van der Waals surface area contributed by atoms with Gasteiger partial charge in [-0.25, -0.2) is 9.88 Å². The van der Waals surface area contributed by atoms with E-state index in [1.165, 1.54) is 4.90 Å². The maximum absolute atomic E-state index is 14.5. The van der Waals surface area contributed by atoms with Crippen molar-refractivity contribution in [2.75, 3.05) is 4.90 Å². The molecule has 2 fully saturated rings. The number of carbonyl (C=O) groups excluding carboxylic acids is 2. The Labute approximate surface area is 226 Å². The Morgan fingerprint density at radius 3 is 2.44 bits per heavy atom. The number of para-hydroxylation sites is 2. The largest absolute Gasteiger partial charge is 0.297 e. The predicted octanol–water partition coefficient (Wildman–Crippen LogP) is 4.38. The maximum Gasteiger partial charge on any atom is 0.266 e. The van der Waals surface area contributed by atoms with Crippen molar-refractivity contribution in [3.8, 4) is 5.69 Å². The lowest BCUT2D eigenvalue weighted by molar-refractivity contribution is -0.123. The highest BCUT2D eigenvalue weighted by Gasteiger charge is 2.69. The molecule has 0 saturated carbocycles. The van der Waals surface area contributed by atoms with E-state index in [-0.39, 0.29) is 23.4 Å². The molecule has 2 amide bonds. The van der Waals surface area contributed by atoms with Crippen molar-refractivity contribution < 1.29 is 9.59 Å². The number of nitrogens with one attached hydrogen (secondary N) is 1. The highest BCUT2D eigenvalue weighted by molar-refractivity contribution is 6.23. The number of nitrogens with zero attached hydrogens (tertiary/aromatic N) is 3. The molecule has 7 rings (SSSR count). The van der Waals surface area contributed by atoms with E-state index in [2.05, 4.69) is 19.2 Å². The third-order valence-electron chi connectivity index (χ3n) is 8.84. The van der Waals surface area contributed by atoms with E-state index in [1.54, 1.807) is 10.6 Å². The minimum absolute atomic E-state index is 0.173. The van der Waals surface area contributed by atoms with E-state index in [4.69, 9.17) is 4.98 Å². The van der Waals surface area contributed by atoms with Crippen LogP contribution >= 0.6 is 0 Å². The summed E-state index contributed by atoms with van der Waals surface area (Å²) in [5.74, 6) is -0.986. The summed E-state index contributed by atoms with van der Waals surface area (Å²) in [6.07, 6.45) is 0.711. The average Bonchev–Trinajstić information content (AvgIpc) is 3.49. The minimum Gasteiger partial charge on any atom is -0.297 e. The van der Waals surface area contributed by atoms with Gasteiger partial charge in [-0.3, -0.25) is 24.3 Å². The predicted molar refractivity (Wildman–Crippen MR) is 150 cm³/mol. The van der Waals surface area contributed by atoms with Crippen LogP contribution in [0.2, 0.25) is 0 Å². The molecular formula is C32H30N4O3. The first-order valence-electron chi connectivity index (χ1n) is 13.6. The van der Waals surface area contributed by atoms with Crippen molar-refractivity contribution in [1.29, 1.82) is 0 Å². The van der Waals surface area contributed by atoms with Crippen LogP contribution in [0.3, 0.4) is 0 Å². The quantitative estimate of drug-likeness (QED) is 0.407. The van der Waals surface area contributed by atoms with Crippen LogP contribution < -0.4 is 15.8 Å². The molecule has 4 heterocycles. The van der Waals surface area contributed by atoms with E-state index >= 15 is 0 Å². The zero-order valence-corrected chi connectivity index (χ0v) is 22.4. The molecule has 39 heavy (non-hydrogen) atoms. The number of benzene rings is 3. The number of anilines is 1. The number of carbonyl (C=O) groups is 2. The molecule has 0 bridgehead atoms. The summed E-state index contributed by atoms with van der Waals surface area (Å²) in [6.45, 7) is 8.24. The Hall–Kier alpha value is -4.10. The number of aryl methyl sites for hydroxylation is 2. The standard InChI is InChI=1S/C32H30N4O3/c1-17(2)15-24-26-27(30(39)35(29(26)38)20-14-13-18(3)19(4)16-20)32(34-24)22-10-6-8-12-25(22)36-28(37)21-9-5-7-11-23(21)33-31(32)36/h5-14,16-17,24,26-27,34H,15H2,1-4H3/t24-,26+,27-,32-/m1/s1. The van der Waals surface area contributed by atoms with Crippen molar-refractivity contribution in [3.63, 3.8) is 0 Å². The van der Waals surface area contributed by atoms with Crippen LogP contribution in [0, 0.1) is 31.6 Å². The molecule has 3 aliphatic rings. The normalized spacial score (nSPS) is 25.2. The first kappa shape index (κ1) is 24.0. The Morgan fingerprint density at radius 2 is 1.67 bits per heavy atom. The van der Waals surface area contributed by atoms with Gasteiger partial charge in [0.25, 0.3) is 5.56 Å². The molecule has 1 spiro atoms. The SMILES string of the molecule is Cc1ccc(N2C(=O)[C@H]3[C@@H](CC(C)C)N[C@]4(c5ccccc5-n5c4nc4ccccc4c5=O)[C@H]3C2=O)cc1C. The van der Waals surface area contributed by atoms with Gasteiger partial charge >= 0.3 is 0 Å². The van der Waals surface area contributed by atoms with E-state index in [9.17, 15) is 14.4 Å². The summed E-state index contributed by atoms with van der Waals surface area (Å²) in [4.78, 5) is 49.0. The molecule has 2 saturated heterocycles. The first-order valence-corrected chi connectivity index (χ1v) is 13.6. The van der Waals surface area contributed by atoms with E-state index in [0.717, 1.165) is 16.7 Å². The topological polar surface area (TPSA) is 84.3 Å². The summed E-state index contributed by atoms with van der Waals surface area (Å²) >= 11 is 0. The number of hydrogen-bond donors (Lipinski definition) is 1. The molecule has 3 aromatic carbocycles. The number of aromatic nitrogens is 2. The summed E-state index contributed by atoms with van der Waals surface area (Å²) < 4.78 is 1.65. The fraction of sp³-hybridized carbons (Fsp3) is 0.312. The van der Waals surface area contributed by atoms with Crippen LogP contribution in [0.15, 0.2) is 71.5 Å². The van der Waals surface area contributed by atoms with E-state index < -0.39 is 17.4 Å². The Bertz CT molecular complexity index is 1770. The highest BCUT2D eigenvalue weighted by Crippen LogP contribution is 2.56. The summed E-state index contributed by atoms with van der Waals surface area (Å²) in [6, 6.07) is 20.4. The van der Waals surface area contributed by atoms with Gasteiger partial charge in [0.1, 0.15) is 11.4 Å². The van der Waals surface area contributed by atoms with Crippen molar-refractivity contribution >= 4 is 28.4 Å². The molecule has 4 atom stereocenters. The van der Waals surface area contributed by atoms with Gasteiger partial charge in [-0.05, 0) is 67.6 Å². The van der Waals surface area contributed by atoms with Crippen molar-refractivity contribution in [3.05, 3.63) is 99.6 Å². The lowest BCUT2D eigenvalue weighted by Gasteiger charge is -2.32. The number of amides is 2. The Kier molecular flexibility index (Phi) is 5.04. The molecule has 4 aromatic rings.